The molecule has 6 nitrogen and oxygen atoms in total. The van der Waals surface area contributed by atoms with E-state index in [0.29, 0.717) is 0 Å². The van der Waals surface area contributed by atoms with E-state index in [0.717, 1.165) is 51.6 Å². The molecule has 0 saturated carbocycles. The first-order valence-electron chi connectivity index (χ1n) is 8.52. The van der Waals surface area contributed by atoms with Crippen LogP contribution in [0.2, 0.25) is 0 Å². The first-order chi connectivity index (χ1) is 11.8. The molecule has 1 unspecified atom stereocenters. The fourth-order valence-electron chi connectivity index (χ4n) is 3.01. The maximum absolute atomic E-state index is 5.98. The van der Waals surface area contributed by atoms with Gasteiger partial charge in [0.1, 0.15) is 0 Å². The number of thiazole rings is 1. The number of anilines is 1. The minimum atomic E-state index is 0.211. The quantitative estimate of drug-likeness (QED) is 0.764. The predicted molar refractivity (Wildman–Crippen MR) is 96.7 cm³/mol. The second-order valence-corrected chi connectivity index (χ2v) is 6.96. The second kappa shape index (κ2) is 8.50. The lowest BCUT2D eigenvalue weighted by molar-refractivity contribution is -0.0234. The molecule has 0 radical (unpaired) electrons. The van der Waals surface area contributed by atoms with Crippen LogP contribution in [0.1, 0.15) is 17.5 Å². The normalized spacial score (nSPS) is 18.7. The molecule has 2 aromatic rings. The molecule has 1 aliphatic heterocycles. The second-order valence-electron chi connectivity index (χ2n) is 6.02. The highest BCUT2D eigenvalue weighted by Crippen LogP contribution is 2.16. The number of hydrogen-bond acceptors (Lipinski definition) is 7. The molecule has 130 valence electrons. The van der Waals surface area contributed by atoms with Crippen molar-refractivity contribution in [3.05, 3.63) is 34.4 Å². The van der Waals surface area contributed by atoms with Crippen LogP contribution in [0.4, 0.5) is 5.82 Å². The largest absolute Gasteiger partial charge is 0.374 e. The zero-order chi connectivity index (χ0) is 16.8. The van der Waals surface area contributed by atoms with Crippen LogP contribution in [0, 0.1) is 6.92 Å². The summed E-state index contributed by atoms with van der Waals surface area (Å²) in [6.07, 6.45) is 2.99. The van der Waals surface area contributed by atoms with E-state index in [1.165, 1.54) is 10.6 Å². The van der Waals surface area contributed by atoms with Crippen molar-refractivity contribution >= 4 is 17.2 Å². The molecule has 0 aliphatic carbocycles. The predicted octanol–water partition coefficient (Wildman–Crippen LogP) is 2.01. The van der Waals surface area contributed by atoms with Gasteiger partial charge in [-0.15, -0.1) is 16.4 Å². The van der Waals surface area contributed by atoms with E-state index in [4.69, 9.17) is 4.74 Å². The van der Waals surface area contributed by atoms with Crippen molar-refractivity contribution in [2.45, 2.75) is 26.4 Å². The van der Waals surface area contributed by atoms with Crippen molar-refractivity contribution in [3.63, 3.8) is 0 Å². The van der Waals surface area contributed by atoms with E-state index in [1.54, 1.807) is 17.5 Å². The molecule has 1 fully saturated rings. The van der Waals surface area contributed by atoms with E-state index in [-0.39, 0.29) is 6.10 Å². The van der Waals surface area contributed by atoms with Gasteiger partial charge >= 0.3 is 0 Å². The number of aromatic nitrogens is 3. The third-order valence-electron chi connectivity index (χ3n) is 4.41. The van der Waals surface area contributed by atoms with Crippen molar-refractivity contribution in [1.29, 1.82) is 0 Å². The summed E-state index contributed by atoms with van der Waals surface area (Å²) in [5, 5.41) is 8.20. The highest BCUT2D eigenvalue weighted by molar-refractivity contribution is 7.09. The van der Waals surface area contributed by atoms with Gasteiger partial charge in [-0.2, -0.15) is 5.10 Å². The summed E-state index contributed by atoms with van der Waals surface area (Å²) >= 11 is 1.76. The van der Waals surface area contributed by atoms with Crippen LogP contribution in [0.15, 0.2) is 23.8 Å². The van der Waals surface area contributed by atoms with Crippen LogP contribution < -0.4 is 4.90 Å². The summed E-state index contributed by atoms with van der Waals surface area (Å²) in [7, 11) is 0. The number of nitrogens with zero attached hydrogens (tertiary/aromatic N) is 5. The number of ether oxygens (including phenoxy) is 1. The molecule has 3 heterocycles. The topological polar surface area (TPSA) is 54.4 Å². The van der Waals surface area contributed by atoms with Crippen molar-refractivity contribution in [2.75, 3.05) is 44.2 Å². The third-order valence-corrected chi connectivity index (χ3v) is 5.41. The summed E-state index contributed by atoms with van der Waals surface area (Å²) in [6, 6.07) is 3.93. The number of rotatable bonds is 7. The Balaban J connectivity index is 1.52. The number of aryl methyl sites for hydroxylation is 1. The lowest BCUT2D eigenvalue weighted by Gasteiger charge is -2.35. The molecular formula is C17H25N5OS. The van der Waals surface area contributed by atoms with Gasteiger partial charge in [-0.3, -0.25) is 4.90 Å². The van der Waals surface area contributed by atoms with Crippen molar-refractivity contribution in [3.8, 4) is 0 Å². The van der Waals surface area contributed by atoms with Gasteiger partial charge in [0.2, 0.25) is 0 Å². The average Bonchev–Trinajstić information content (AvgIpc) is 3.04. The molecular weight excluding hydrogens is 322 g/mol. The van der Waals surface area contributed by atoms with E-state index < -0.39 is 0 Å². The first kappa shape index (κ1) is 17.3. The molecule has 1 saturated heterocycles. The van der Waals surface area contributed by atoms with Gasteiger partial charge in [0.15, 0.2) is 5.82 Å². The first-order valence-corrected chi connectivity index (χ1v) is 9.39. The Hall–Kier alpha value is -1.57. The Labute approximate surface area is 147 Å². The van der Waals surface area contributed by atoms with Crippen molar-refractivity contribution < 1.29 is 4.74 Å². The smallest absolute Gasteiger partial charge is 0.151 e. The fourth-order valence-corrected chi connectivity index (χ4v) is 3.78. The van der Waals surface area contributed by atoms with Gasteiger partial charge in [0, 0.05) is 43.8 Å². The molecule has 0 N–H and O–H groups in total. The summed E-state index contributed by atoms with van der Waals surface area (Å²) in [5.41, 5.74) is 3.11. The monoisotopic (exact) mass is 347 g/mol. The van der Waals surface area contributed by atoms with Crippen molar-refractivity contribution in [2.24, 2.45) is 0 Å². The molecule has 0 bridgehead atoms. The molecule has 1 aliphatic rings. The Bertz CT molecular complexity index is 620. The van der Waals surface area contributed by atoms with Crippen LogP contribution in [-0.2, 0) is 11.2 Å². The van der Waals surface area contributed by atoms with E-state index in [1.807, 2.05) is 17.6 Å². The van der Waals surface area contributed by atoms with Gasteiger partial charge < -0.3 is 9.64 Å². The fraction of sp³-hybridized carbons (Fsp3) is 0.588. The van der Waals surface area contributed by atoms with E-state index in [9.17, 15) is 0 Å². The maximum Gasteiger partial charge on any atom is 0.151 e. The van der Waals surface area contributed by atoms with Crippen LogP contribution in [-0.4, -0.2) is 65.5 Å². The number of likely N-dealkylation sites (N-methyl/N-ethyl adjacent to an activating group) is 1. The van der Waals surface area contributed by atoms with Crippen LogP contribution >= 0.6 is 11.3 Å². The van der Waals surface area contributed by atoms with E-state index >= 15 is 0 Å². The third kappa shape index (κ3) is 4.49. The Morgan fingerprint density at radius 2 is 2.38 bits per heavy atom. The van der Waals surface area contributed by atoms with E-state index in [2.05, 4.69) is 38.8 Å². The summed E-state index contributed by atoms with van der Waals surface area (Å²) in [4.78, 5) is 10.5. The number of hydrogen-bond donors (Lipinski definition) is 0. The molecule has 2 aromatic heterocycles. The standard InChI is InChI=1S/C17H25N5OS/c1-3-22(17-5-4-7-19-20-17)12-15-11-21(9-10-23-15)8-6-16-14(2)18-13-24-16/h4-5,7,13,15H,3,6,8-12H2,1-2H3. The Kier molecular flexibility index (Phi) is 6.12. The average molecular weight is 347 g/mol. The maximum atomic E-state index is 5.98. The molecule has 3 rings (SSSR count). The highest BCUT2D eigenvalue weighted by atomic mass is 32.1. The minimum Gasteiger partial charge on any atom is -0.374 e. The van der Waals surface area contributed by atoms with Gasteiger partial charge in [0.25, 0.3) is 0 Å². The Morgan fingerprint density at radius 3 is 3.08 bits per heavy atom. The summed E-state index contributed by atoms with van der Waals surface area (Å²) in [6.45, 7) is 9.82. The Morgan fingerprint density at radius 1 is 1.46 bits per heavy atom. The van der Waals surface area contributed by atoms with Crippen molar-refractivity contribution in [1.82, 2.24) is 20.1 Å². The molecule has 1 atom stereocenters. The highest BCUT2D eigenvalue weighted by Gasteiger charge is 2.23. The van der Waals surface area contributed by atoms with Gasteiger partial charge in [-0.1, -0.05) is 0 Å². The zero-order valence-electron chi connectivity index (χ0n) is 14.4. The lowest BCUT2D eigenvalue weighted by atomic mass is 10.2. The molecule has 0 amide bonds. The SMILES string of the molecule is CCN(CC1CN(CCc2scnc2C)CCO1)c1cccnn1. The van der Waals surface area contributed by atoms with Gasteiger partial charge in [0.05, 0.1) is 23.9 Å². The summed E-state index contributed by atoms with van der Waals surface area (Å²) in [5.74, 6) is 0.918. The van der Waals surface area contributed by atoms with Gasteiger partial charge in [-0.25, -0.2) is 4.98 Å². The summed E-state index contributed by atoms with van der Waals surface area (Å²) < 4.78 is 5.98. The zero-order valence-corrected chi connectivity index (χ0v) is 15.2. The minimum absolute atomic E-state index is 0.211. The number of morpholine rings is 1. The molecule has 7 heteroatoms. The van der Waals surface area contributed by atoms with Crippen LogP contribution in [0.3, 0.4) is 0 Å². The van der Waals surface area contributed by atoms with Crippen LogP contribution in [0.25, 0.3) is 0 Å². The van der Waals surface area contributed by atoms with Gasteiger partial charge in [-0.05, 0) is 32.4 Å². The van der Waals surface area contributed by atoms with Crippen LogP contribution in [0.5, 0.6) is 0 Å². The molecule has 0 spiro atoms. The molecule has 24 heavy (non-hydrogen) atoms. The lowest BCUT2D eigenvalue weighted by Crippen LogP contribution is -2.48. The molecule has 0 aromatic carbocycles.